The summed E-state index contributed by atoms with van der Waals surface area (Å²) in [6.45, 7) is 2.35. The summed E-state index contributed by atoms with van der Waals surface area (Å²) in [5, 5.41) is 9.22. The first-order chi connectivity index (χ1) is 7.43. The van der Waals surface area contributed by atoms with E-state index in [1.165, 1.54) is 0 Å². The standard InChI is InChI=1S/C11H17F3O2/c1-6-5-16-9-3-8(11(12,13)14)2-7(4-15)10(6)9/h6-10,15H,2-5H2,1H3. The van der Waals surface area contributed by atoms with Crippen LogP contribution in [0.3, 0.4) is 0 Å². The van der Waals surface area contributed by atoms with Crippen molar-refractivity contribution >= 4 is 0 Å². The zero-order valence-electron chi connectivity index (χ0n) is 9.20. The van der Waals surface area contributed by atoms with Gasteiger partial charge in [-0.15, -0.1) is 0 Å². The number of rotatable bonds is 1. The van der Waals surface area contributed by atoms with Crippen molar-refractivity contribution in [1.29, 1.82) is 0 Å². The molecule has 5 unspecified atom stereocenters. The molecule has 0 aromatic heterocycles. The van der Waals surface area contributed by atoms with E-state index in [9.17, 15) is 18.3 Å². The predicted molar refractivity (Wildman–Crippen MR) is 51.7 cm³/mol. The van der Waals surface area contributed by atoms with Crippen molar-refractivity contribution in [3.05, 3.63) is 0 Å². The maximum Gasteiger partial charge on any atom is 0.391 e. The van der Waals surface area contributed by atoms with E-state index in [1.807, 2.05) is 6.92 Å². The molecule has 5 atom stereocenters. The molecule has 0 amide bonds. The third kappa shape index (κ3) is 2.07. The van der Waals surface area contributed by atoms with E-state index >= 15 is 0 Å². The van der Waals surface area contributed by atoms with Crippen molar-refractivity contribution in [2.45, 2.75) is 32.0 Å². The highest BCUT2D eigenvalue weighted by atomic mass is 19.4. The minimum absolute atomic E-state index is 0.0505. The first-order valence-corrected chi connectivity index (χ1v) is 5.72. The molecule has 0 radical (unpaired) electrons. The Morgan fingerprint density at radius 1 is 1.31 bits per heavy atom. The van der Waals surface area contributed by atoms with Gasteiger partial charge in [0.15, 0.2) is 0 Å². The lowest BCUT2D eigenvalue weighted by Crippen LogP contribution is -2.42. The summed E-state index contributed by atoms with van der Waals surface area (Å²) in [6, 6.07) is 0. The Morgan fingerprint density at radius 3 is 2.56 bits per heavy atom. The smallest absolute Gasteiger partial charge is 0.391 e. The van der Waals surface area contributed by atoms with Gasteiger partial charge in [0, 0.05) is 13.2 Å². The Hall–Kier alpha value is -0.290. The molecule has 1 saturated carbocycles. The molecule has 1 aliphatic carbocycles. The molecule has 94 valence electrons. The molecular weight excluding hydrogens is 221 g/mol. The molecule has 1 heterocycles. The molecule has 2 rings (SSSR count). The topological polar surface area (TPSA) is 29.5 Å². The number of ether oxygens (including phenoxy) is 1. The summed E-state index contributed by atoms with van der Waals surface area (Å²) in [4.78, 5) is 0. The molecule has 1 aliphatic heterocycles. The van der Waals surface area contributed by atoms with E-state index in [1.54, 1.807) is 0 Å². The normalized spacial score (nSPS) is 44.4. The molecule has 2 fully saturated rings. The second kappa shape index (κ2) is 4.18. The molecule has 1 saturated heterocycles. The van der Waals surface area contributed by atoms with Crippen LogP contribution in [0.4, 0.5) is 13.2 Å². The summed E-state index contributed by atoms with van der Waals surface area (Å²) < 4.78 is 43.4. The molecule has 0 aromatic carbocycles. The number of halogens is 3. The number of aliphatic hydroxyl groups excluding tert-OH is 1. The lowest BCUT2D eigenvalue weighted by atomic mass is 9.69. The first kappa shape index (κ1) is 12.2. The van der Waals surface area contributed by atoms with Gasteiger partial charge in [-0.05, 0) is 30.6 Å². The summed E-state index contributed by atoms with van der Waals surface area (Å²) in [6.07, 6.45) is -4.36. The van der Waals surface area contributed by atoms with Crippen LogP contribution in [-0.2, 0) is 4.74 Å². The molecular formula is C11H17F3O2. The monoisotopic (exact) mass is 238 g/mol. The summed E-state index contributed by atoms with van der Waals surface area (Å²) in [7, 11) is 0. The van der Waals surface area contributed by atoms with Crippen LogP contribution in [0.15, 0.2) is 0 Å². The Bertz CT molecular complexity index is 254. The average molecular weight is 238 g/mol. The van der Waals surface area contributed by atoms with Crippen LogP contribution in [0.1, 0.15) is 19.8 Å². The fourth-order valence-corrected chi connectivity index (χ4v) is 3.22. The molecule has 1 N–H and O–H groups in total. The fourth-order valence-electron chi connectivity index (χ4n) is 3.22. The number of hydrogen-bond acceptors (Lipinski definition) is 2. The lowest BCUT2D eigenvalue weighted by molar-refractivity contribution is -0.200. The highest BCUT2D eigenvalue weighted by Gasteiger charge is 2.52. The van der Waals surface area contributed by atoms with E-state index in [2.05, 4.69) is 0 Å². The van der Waals surface area contributed by atoms with Crippen molar-refractivity contribution in [2.24, 2.45) is 23.7 Å². The van der Waals surface area contributed by atoms with Crippen LogP contribution in [0.2, 0.25) is 0 Å². The largest absolute Gasteiger partial charge is 0.396 e. The van der Waals surface area contributed by atoms with Crippen LogP contribution in [-0.4, -0.2) is 30.6 Å². The molecule has 0 spiro atoms. The SMILES string of the molecule is CC1COC2CC(C(F)(F)F)CC(CO)C12. The van der Waals surface area contributed by atoms with E-state index < -0.39 is 12.1 Å². The number of aliphatic hydroxyl groups is 1. The van der Waals surface area contributed by atoms with Crippen LogP contribution < -0.4 is 0 Å². The van der Waals surface area contributed by atoms with Gasteiger partial charge in [0.2, 0.25) is 0 Å². The Balaban J connectivity index is 2.12. The van der Waals surface area contributed by atoms with Gasteiger partial charge in [0.1, 0.15) is 0 Å². The third-order valence-corrected chi connectivity index (χ3v) is 4.01. The van der Waals surface area contributed by atoms with Crippen LogP contribution >= 0.6 is 0 Å². The highest BCUT2D eigenvalue weighted by Crippen LogP contribution is 2.48. The van der Waals surface area contributed by atoms with Crippen molar-refractivity contribution in [3.63, 3.8) is 0 Å². The Morgan fingerprint density at radius 2 is 2.00 bits per heavy atom. The van der Waals surface area contributed by atoms with Gasteiger partial charge < -0.3 is 9.84 Å². The van der Waals surface area contributed by atoms with Gasteiger partial charge >= 0.3 is 6.18 Å². The quantitative estimate of drug-likeness (QED) is 0.759. The van der Waals surface area contributed by atoms with Gasteiger partial charge in [-0.2, -0.15) is 13.2 Å². The maximum atomic E-state index is 12.7. The fraction of sp³-hybridized carbons (Fsp3) is 1.00. The minimum Gasteiger partial charge on any atom is -0.396 e. The summed E-state index contributed by atoms with van der Waals surface area (Å²) >= 11 is 0. The zero-order valence-corrected chi connectivity index (χ0v) is 9.20. The van der Waals surface area contributed by atoms with Gasteiger partial charge in [-0.3, -0.25) is 0 Å². The van der Waals surface area contributed by atoms with Crippen molar-refractivity contribution in [2.75, 3.05) is 13.2 Å². The second-order valence-electron chi connectivity index (χ2n) is 5.08. The van der Waals surface area contributed by atoms with E-state index in [-0.39, 0.29) is 43.3 Å². The Labute approximate surface area is 92.8 Å². The lowest BCUT2D eigenvalue weighted by Gasteiger charge is -2.38. The molecule has 16 heavy (non-hydrogen) atoms. The molecule has 5 heteroatoms. The number of alkyl halides is 3. The number of fused-ring (bicyclic) bond motifs is 1. The summed E-state index contributed by atoms with van der Waals surface area (Å²) in [5.74, 6) is -1.21. The Kier molecular flexibility index (Phi) is 3.18. The zero-order chi connectivity index (χ0) is 11.9. The van der Waals surface area contributed by atoms with E-state index in [4.69, 9.17) is 4.74 Å². The third-order valence-electron chi connectivity index (χ3n) is 4.01. The minimum atomic E-state index is -4.16. The first-order valence-electron chi connectivity index (χ1n) is 5.72. The van der Waals surface area contributed by atoms with Gasteiger partial charge in [-0.1, -0.05) is 6.92 Å². The van der Waals surface area contributed by atoms with Crippen LogP contribution in [0.25, 0.3) is 0 Å². The second-order valence-corrected chi connectivity index (χ2v) is 5.08. The number of hydrogen-bond donors (Lipinski definition) is 1. The molecule has 0 bridgehead atoms. The predicted octanol–water partition coefficient (Wildman–Crippen LogP) is 2.22. The maximum absolute atomic E-state index is 12.7. The van der Waals surface area contributed by atoms with Gasteiger partial charge in [0.05, 0.1) is 12.0 Å². The molecule has 2 nitrogen and oxygen atoms in total. The van der Waals surface area contributed by atoms with E-state index in [0.717, 1.165) is 0 Å². The van der Waals surface area contributed by atoms with Crippen molar-refractivity contribution in [1.82, 2.24) is 0 Å². The van der Waals surface area contributed by atoms with Gasteiger partial charge in [-0.25, -0.2) is 0 Å². The van der Waals surface area contributed by atoms with E-state index in [0.29, 0.717) is 6.61 Å². The van der Waals surface area contributed by atoms with Crippen LogP contribution in [0, 0.1) is 23.7 Å². The molecule has 2 aliphatic rings. The van der Waals surface area contributed by atoms with Crippen LogP contribution in [0.5, 0.6) is 0 Å². The van der Waals surface area contributed by atoms with Crippen molar-refractivity contribution in [3.8, 4) is 0 Å². The average Bonchev–Trinajstić information content (AvgIpc) is 2.58. The highest BCUT2D eigenvalue weighted by molar-refractivity contribution is 4.94. The van der Waals surface area contributed by atoms with Crippen molar-refractivity contribution < 1.29 is 23.0 Å². The molecule has 0 aromatic rings. The summed E-state index contributed by atoms with van der Waals surface area (Å²) in [5.41, 5.74) is 0. The van der Waals surface area contributed by atoms with Gasteiger partial charge in [0.25, 0.3) is 0 Å².